The largest absolute Gasteiger partial charge is 0.480 e. The van der Waals surface area contributed by atoms with Gasteiger partial charge in [-0.2, -0.15) is 0 Å². The van der Waals surface area contributed by atoms with E-state index in [0.717, 1.165) is 17.4 Å². The summed E-state index contributed by atoms with van der Waals surface area (Å²) in [5, 5.41) is 15.9. The van der Waals surface area contributed by atoms with Crippen molar-refractivity contribution >= 4 is 22.8 Å². The van der Waals surface area contributed by atoms with Crippen LogP contribution in [0.3, 0.4) is 0 Å². The molecule has 3 unspecified atom stereocenters. The number of carboxylic acid groups (broad SMARTS) is 1. The van der Waals surface area contributed by atoms with Crippen molar-refractivity contribution in [1.29, 1.82) is 0 Å². The van der Waals surface area contributed by atoms with E-state index in [0.29, 0.717) is 12.2 Å². The number of hydrogen-bond donors (Lipinski definition) is 3. The monoisotopic (exact) mass is 332 g/mol. The molecule has 0 radical (unpaired) electrons. The van der Waals surface area contributed by atoms with Gasteiger partial charge in [-0.3, -0.25) is 14.9 Å². The van der Waals surface area contributed by atoms with Gasteiger partial charge in [0.1, 0.15) is 17.4 Å². The van der Waals surface area contributed by atoms with Gasteiger partial charge in [0.15, 0.2) is 0 Å². The smallest absolute Gasteiger partial charge is 0.320 e. The van der Waals surface area contributed by atoms with Crippen molar-refractivity contribution < 1.29 is 19.1 Å². The summed E-state index contributed by atoms with van der Waals surface area (Å²) in [5.74, 6) is -0.535. The number of rotatable bonds is 8. The Morgan fingerprint density at radius 2 is 1.96 bits per heavy atom. The topological polar surface area (TPSA) is 91.6 Å². The van der Waals surface area contributed by atoms with Crippen LogP contribution in [0.25, 0.3) is 11.0 Å². The maximum Gasteiger partial charge on any atom is 0.320 e. The highest BCUT2D eigenvalue weighted by atomic mass is 16.4. The number of benzene rings is 1. The third-order valence-electron chi connectivity index (χ3n) is 3.95. The Balaban J connectivity index is 1.98. The third-order valence-corrected chi connectivity index (χ3v) is 3.95. The molecule has 3 atom stereocenters. The van der Waals surface area contributed by atoms with Gasteiger partial charge < -0.3 is 14.8 Å². The first kappa shape index (κ1) is 18.0. The molecule has 0 aliphatic rings. The summed E-state index contributed by atoms with van der Waals surface area (Å²) in [7, 11) is 0. The second kappa shape index (κ2) is 7.97. The number of carboxylic acids is 1. The molecule has 1 heterocycles. The van der Waals surface area contributed by atoms with Crippen LogP contribution in [0.4, 0.5) is 0 Å². The number of fused-ring (bicyclic) bond motifs is 1. The Labute approximate surface area is 141 Å². The van der Waals surface area contributed by atoms with Gasteiger partial charge in [-0.05, 0) is 32.4 Å². The molecular weight excluding hydrogens is 308 g/mol. The Hall–Kier alpha value is -2.34. The molecule has 6 heteroatoms. The number of carbonyl (C=O) groups excluding carboxylic acids is 1. The molecule has 1 amide bonds. The first-order chi connectivity index (χ1) is 11.4. The molecule has 0 saturated heterocycles. The van der Waals surface area contributed by atoms with Gasteiger partial charge in [0.2, 0.25) is 5.91 Å². The van der Waals surface area contributed by atoms with Crippen LogP contribution in [-0.2, 0) is 9.59 Å². The second-order valence-electron chi connectivity index (χ2n) is 5.98. The number of hydrogen-bond acceptors (Lipinski definition) is 4. The van der Waals surface area contributed by atoms with E-state index < -0.39 is 18.1 Å². The zero-order valence-corrected chi connectivity index (χ0v) is 14.2. The normalized spacial score (nSPS) is 15.0. The highest BCUT2D eigenvalue weighted by molar-refractivity contribution is 5.83. The molecule has 0 spiro atoms. The van der Waals surface area contributed by atoms with E-state index in [9.17, 15) is 9.59 Å². The summed E-state index contributed by atoms with van der Waals surface area (Å²) >= 11 is 0. The SMILES string of the molecule is CCCC(NC(C)C(=O)NC(C)c1cc2ccccc2o1)C(=O)O. The minimum Gasteiger partial charge on any atom is -0.480 e. The van der Waals surface area contributed by atoms with Crippen LogP contribution >= 0.6 is 0 Å². The molecular formula is C18H24N2O4. The Morgan fingerprint density at radius 3 is 2.58 bits per heavy atom. The van der Waals surface area contributed by atoms with Gasteiger partial charge >= 0.3 is 5.97 Å². The van der Waals surface area contributed by atoms with Gasteiger partial charge in [0.25, 0.3) is 0 Å². The number of para-hydroxylation sites is 1. The van der Waals surface area contributed by atoms with E-state index in [1.807, 2.05) is 44.2 Å². The molecule has 24 heavy (non-hydrogen) atoms. The molecule has 130 valence electrons. The van der Waals surface area contributed by atoms with Gasteiger partial charge in [0, 0.05) is 5.39 Å². The van der Waals surface area contributed by atoms with Crippen molar-refractivity contribution in [3.05, 3.63) is 36.1 Å². The van der Waals surface area contributed by atoms with Crippen LogP contribution in [0.15, 0.2) is 34.7 Å². The predicted octanol–water partition coefficient (Wildman–Crippen LogP) is 2.84. The summed E-state index contributed by atoms with van der Waals surface area (Å²) < 4.78 is 5.74. The lowest BCUT2D eigenvalue weighted by Crippen LogP contribution is -2.49. The van der Waals surface area contributed by atoms with Crippen molar-refractivity contribution in [1.82, 2.24) is 10.6 Å². The van der Waals surface area contributed by atoms with Crippen LogP contribution < -0.4 is 10.6 Å². The van der Waals surface area contributed by atoms with E-state index in [-0.39, 0.29) is 11.9 Å². The highest BCUT2D eigenvalue weighted by Gasteiger charge is 2.24. The quantitative estimate of drug-likeness (QED) is 0.691. The van der Waals surface area contributed by atoms with Crippen LogP contribution in [0.5, 0.6) is 0 Å². The van der Waals surface area contributed by atoms with E-state index in [1.165, 1.54) is 0 Å². The maximum absolute atomic E-state index is 12.3. The third kappa shape index (κ3) is 4.35. The average Bonchev–Trinajstić information content (AvgIpc) is 2.98. The maximum atomic E-state index is 12.3. The number of furan rings is 1. The molecule has 1 aromatic carbocycles. The molecule has 3 N–H and O–H groups in total. The zero-order valence-electron chi connectivity index (χ0n) is 14.2. The van der Waals surface area contributed by atoms with Crippen molar-refractivity contribution in [3.63, 3.8) is 0 Å². The van der Waals surface area contributed by atoms with Crippen LogP contribution in [0.1, 0.15) is 45.4 Å². The fraction of sp³-hybridized carbons (Fsp3) is 0.444. The first-order valence-electron chi connectivity index (χ1n) is 8.20. The zero-order chi connectivity index (χ0) is 17.7. The van der Waals surface area contributed by atoms with Crippen molar-refractivity contribution in [3.8, 4) is 0 Å². The Kier molecular flexibility index (Phi) is 5.98. The summed E-state index contributed by atoms with van der Waals surface area (Å²) in [6.45, 7) is 5.40. The van der Waals surface area contributed by atoms with Crippen molar-refractivity contribution in [2.24, 2.45) is 0 Å². The van der Waals surface area contributed by atoms with E-state index in [2.05, 4.69) is 10.6 Å². The van der Waals surface area contributed by atoms with Gasteiger partial charge in [-0.1, -0.05) is 31.5 Å². The summed E-state index contributed by atoms with van der Waals surface area (Å²) in [6.07, 6.45) is 1.21. The number of nitrogens with one attached hydrogen (secondary N) is 2. The summed E-state index contributed by atoms with van der Waals surface area (Å²) in [5.41, 5.74) is 0.772. The Morgan fingerprint density at radius 1 is 1.25 bits per heavy atom. The average molecular weight is 332 g/mol. The highest BCUT2D eigenvalue weighted by Crippen LogP contribution is 2.23. The van der Waals surface area contributed by atoms with E-state index in [4.69, 9.17) is 9.52 Å². The lowest BCUT2D eigenvalue weighted by Gasteiger charge is -2.21. The molecule has 0 saturated carbocycles. The molecule has 2 rings (SSSR count). The molecule has 1 aromatic heterocycles. The minimum absolute atomic E-state index is 0.259. The molecule has 0 fully saturated rings. The molecule has 0 aliphatic heterocycles. The summed E-state index contributed by atoms with van der Waals surface area (Å²) in [4.78, 5) is 23.5. The first-order valence-corrected chi connectivity index (χ1v) is 8.20. The second-order valence-corrected chi connectivity index (χ2v) is 5.98. The van der Waals surface area contributed by atoms with Crippen LogP contribution in [0.2, 0.25) is 0 Å². The fourth-order valence-corrected chi connectivity index (χ4v) is 2.57. The number of aliphatic carboxylic acids is 1. The van der Waals surface area contributed by atoms with Gasteiger partial charge in [-0.25, -0.2) is 0 Å². The molecule has 6 nitrogen and oxygen atoms in total. The summed E-state index contributed by atoms with van der Waals surface area (Å²) in [6, 6.07) is 7.91. The number of amides is 1. The minimum atomic E-state index is -0.943. The predicted molar refractivity (Wildman–Crippen MR) is 91.7 cm³/mol. The lowest BCUT2D eigenvalue weighted by atomic mass is 10.1. The van der Waals surface area contributed by atoms with Crippen LogP contribution in [-0.4, -0.2) is 29.1 Å². The lowest BCUT2D eigenvalue weighted by molar-refractivity contribution is -0.140. The van der Waals surface area contributed by atoms with E-state index >= 15 is 0 Å². The molecule has 0 bridgehead atoms. The fourth-order valence-electron chi connectivity index (χ4n) is 2.57. The van der Waals surface area contributed by atoms with Crippen molar-refractivity contribution in [2.45, 2.75) is 51.7 Å². The van der Waals surface area contributed by atoms with Gasteiger partial charge in [0.05, 0.1) is 12.1 Å². The standard InChI is InChI=1S/C18H24N2O4/c1-4-7-14(18(22)23)19-12(3)17(21)20-11(2)16-10-13-8-5-6-9-15(13)24-16/h5-6,8-12,14,19H,4,7H2,1-3H3,(H,20,21)(H,22,23). The van der Waals surface area contributed by atoms with Crippen molar-refractivity contribution in [2.75, 3.05) is 0 Å². The van der Waals surface area contributed by atoms with Crippen LogP contribution in [0, 0.1) is 0 Å². The molecule has 0 aliphatic carbocycles. The van der Waals surface area contributed by atoms with Gasteiger partial charge in [-0.15, -0.1) is 0 Å². The number of carbonyl (C=O) groups is 2. The Bertz CT molecular complexity index is 677. The molecule has 2 aromatic rings. The van der Waals surface area contributed by atoms with E-state index in [1.54, 1.807) is 6.92 Å².